The maximum atomic E-state index is 8.51. The Morgan fingerprint density at radius 1 is 1.50 bits per heavy atom. The average molecular weight is 169 g/mol. The molecule has 0 amide bonds. The molecule has 70 valence electrons. The van der Waals surface area contributed by atoms with Crippen LogP contribution in [-0.2, 0) is 0 Å². The van der Waals surface area contributed by atoms with E-state index in [1.54, 1.807) is 0 Å². The van der Waals surface area contributed by atoms with Gasteiger partial charge in [0, 0.05) is 18.6 Å². The maximum absolute atomic E-state index is 8.51. The van der Waals surface area contributed by atoms with Gasteiger partial charge in [-0.3, -0.25) is 0 Å². The lowest BCUT2D eigenvalue weighted by molar-refractivity contribution is 0.246. The van der Waals surface area contributed by atoms with E-state index in [0.29, 0.717) is 18.5 Å². The summed E-state index contributed by atoms with van der Waals surface area (Å²) < 4.78 is 0. The van der Waals surface area contributed by atoms with Gasteiger partial charge in [-0.15, -0.1) is 0 Å². The molecule has 0 aliphatic rings. The number of hydrogen-bond acceptors (Lipinski definition) is 3. The molecule has 0 spiro atoms. The van der Waals surface area contributed by atoms with E-state index in [0.717, 1.165) is 6.54 Å². The van der Waals surface area contributed by atoms with Crippen molar-refractivity contribution in [3.05, 3.63) is 0 Å². The summed E-state index contributed by atoms with van der Waals surface area (Å²) >= 11 is 0. The Kier molecular flexibility index (Phi) is 5.69. The van der Waals surface area contributed by atoms with E-state index in [1.807, 2.05) is 7.05 Å². The first-order chi connectivity index (χ1) is 5.61. The van der Waals surface area contributed by atoms with Crippen LogP contribution in [0.3, 0.4) is 0 Å². The number of nitriles is 1. The van der Waals surface area contributed by atoms with Crippen LogP contribution >= 0.6 is 0 Å². The van der Waals surface area contributed by atoms with Crippen LogP contribution in [0.4, 0.5) is 0 Å². The van der Waals surface area contributed by atoms with E-state index in [1.165, 1.54) is 0 Å². The zero-order valence-electron chi connectivity index (χ0n) is 8.46. The van der Waals surface area contributed by atoms with E-state index < -0.39 is 0 Å². The minimum atomic E-state index is 0.294. The standard InChI is InChI=1S/C9H19N3/c1-8(2)12(4)7-9(11-3)5-6-10/h8-9,11H,5,7H2,1-4H3. The van der Waals surface area contributed by atoms with Crippen molar-refractivity contribution < 1.29 is 0 Å². The first-order valence-electron chi connectivity index (χ1n) is 4.36. The topological polar surface area (TPSA) is 39.1 Å². The van der Waals surface area contributed by atoms with Crippen LogP contribution in [0.2, 0.25) is 0 Å². The summed E-state index contributed by atoms with van der Waals surface area (Å²) in [7, 11) is 3.97. The molecule has 3 heteroatoms. The maximum Gasteiger partial charge on any atom is 0.0638 e. The summed E-state index contributed by atoms with van der Waals surface area (Å²) in [5.41, 5.74) is 0. The molecule has 0 aromatic heterocycles. The van der Waals surface area contributed by atoms with Crippen LogP contribution in [0.1, 0.15) is 20.3 Å². The Morgan fingerprint density at radius 2 is 2.08 bits per heavy atom. The quantitative estimate of drug-likeness (QED) is 0.662. The molecule has 0 radical (unpaired) electrons. The van der Waals surface area contributed by atoms with Crippen LogP contribution in [0.15, 0.2) is 0 Å². The number of nitrogens with one attached hydrogen (secondary N) is 1. The predicted molar refractivity (Wildman–Crippen MR) is 50.8 cm³/mol. The summed E-state index contributed by atoms with van der Waals surface area (Å²) in [4.78, 5) is 2.23. The van der Waals surface area contributed by atoms with Crippen molar-refractivity contribution in [2.75, 3.05) is 20.6 Å². The first-order valence-corrected chi connectivity index (χ1v) is 4.36. The van der Waals surface area contributed by atoms with E-state index in [9.17, 15) is 0 Å². The largest absolute Gasteiger partial charge is 0.315 e. The molecular formula is C9H19N3. The average Bonchev–Trinajstić information content (AvgIpc) is 2.03. The summed E-state index contributed by atoms with van der Waals surface area (Å²) in [6, 6.07) is 3.01. The summed E-state index contributed by atoms with van der Waals surface area (Å²) in [6.07, 6.45) is 0.577. The highest BCUT2D eigenvalue weighted by Crippen LogP contribution is 1.98. The second kappa shape index (κ2) is 5.99. The highest BCUT2D eigenvalue weighted by Gasteiger charge is 2.10. The monoisotopic (exact) mass is 169 g/mol. The van der Waals surface area contributed by atoms with Gasteiger partial charge in [-0.2, -0.15) is 5.26 Å². The van der Waals surface area contributed by atoms with Gasteiger partial charge in [-0.25, -0.2) is 0 Å². The Hall–Kier alpha value is -0.590. The molecule has 0 aliphatic carbocycles. The van der Waals surface area contributed by atoms with Gasteiger partial charge in [0.05, 0.1) is 12.5 Å². The fraction of sp³-hybridized carbons (Fsp3) is 0.889. The predicted octanol–water partition coefficient (Wildman–Crippen LogP) is 0.828. The third kappa shape index (κ3) is 4.32. The molecule has 1 N–H and O–H groups in total. The van der Waals surface area contributed by atoms with Crippen molar-refractivity contribution in [3.63, 3.8) is 0 Å². The lowest BCUT2D eigenvalue weighted by Crippen LogP contribution is -2.40. The molecule has 12 heavy (non-hydrogen) atoms. The van der Waals surface area contributed by atoms with Gasteiger partial charge >= 0.3 is 0 Å². The second-order valence-electron chi connectivity index (χ2n) is 3.38. The third-order valence-corrected chi connectivity index (χ3v) is 2.14. The van der Waals surface area contributed by atoms with Gasteiger partial charge in [0.2, 0.25) is 0 Å². The zero-order chi connectivity index (χ0) is 9.56. The van der Waals surface area contributed by atoms with E-state index in [-0.39, 0.29) is 0 Å². The lowest BCUT2D eigenvalue weighted by atomic mass is 10.2. The fourth-order valence-corrected chi connectivity index (χ4v) is 0.927. The Labute approximate surface area is 75.4 Å². The smallest absolute Gasteiger partial charge is 0.0638 e. The van der Waals surface area contributed by atoms with Gasteiger partial charge in [-0.1, -0.05) is 0 Å². The van der Waals surface area contributed by atoms with E-state index in [4.69, 9.17) is 5.26 Å². The third-order valence-electron chi connectivity index (χ3n) is 2.14. The van der Waals surface area contributed by atoms with Crippen molar-refractivity contribution in [2.45, 2.75) is 32.4 Å². The van der Waals surface area contributed by atoms with Crippen LogP contribution < -0.4 is 5.32 Å². The Morgan fingerprint density at radius 3 is 2.42 bits per heavy atom. The van der Waals surface area contributed by atoms with Crippen molar-refractivity contribution in [3.8, 4) is 6.07 Å². The molecule has 3 nitrogen and oxygen atoms in total. The Balaban J connectivity index is 3.78. The summed E-state index contributed by atoms with van der Waals surface area (Å²) in [6.45, 7) is 5.24. The Bertz CT molecular complexity index is 148. The molecule has 0 rings (SSSR count). The van der Waals surface area contributed by atoms with Crippen molar-refractivity contribution >= 4 is 0 Å². The van der Waals surface area contributed by atoms with Crippen molar-refractivity contribution in [2.24, 2.45) is 0 Å². The highest BCUT2D eigenvalue weighted by atomic mass is 15.1. The van der Waals surface area contributed by atoms with Gasteiger partial charge in [0.25, 0.3) is 0 Å². The molecular weight excluding hydrogens is 150 g/mol. The molecule has 0 saturated carbocycles. The fourth-order valence-electron chi connectivity index (χ4n) is 0.927. The van der Waals surface area contributed by atoms with Gasteiger partial charge in [-0.05, 0) is 27.9 Å². The lowest BCUT2D eigenvalue weighted by Gasteiger charge is -2.25. The molecule has 0 saturated heterocycles. The van der Waals surface area contributed by atoms with Gasteiger partial charge in [0.15, 0.2) is 0 Å². The minimum Gasteiger partial charge on any atom is -0.315 e. The molecule has 0 aromatic rings. The number of likely N-dealkylation sites (N-methyl/N-ethyl adjacent to an activating group) is 2. The molecule has 0 heterocycles. The van der Waals surface area contributed by atoms with E-state index >= 15 is 0 Å². The minimum absolute atomic E-state index is 0.294. The molecule has 0 bridgehead atoms. The van der Waals surface area contributed by atoms with Crippen LogP contribution in [0, 0.1) is 11.3 Å². The van der Waals surface area contributed by atoms with Crippen LogP contribution in [-0.4, -0.2) is 37.6 Å². The molecule has 0 fully saturated rings. The molecule has 1 atom stereocenters. The normalized spacial score (nSPS) is 13.4. The molecule has 1 unspecified atom stereocenters. The molecule has 0 aromatic carbocycles. The summed E-state index contributed by atoms with van der Waals surface area (Å²) in [5, 5.41) is 11.6. The first kappa shape index (κ1) is 11.4. The van der Waals surface area contributed by atoms with Crippen LogP contribution in [0.5, 0.6) is 0 Å². The zero-order valence-corrected chi connectivity index (χ0v) is 8.46. The van der Waals surface area contributed by atoms with Crippen molar-refractivity contribution in [1.82, 2.24) is 10.2 Å². The number of hydrogen-bond donors (Lipinski definition) is 1. The summed E-state index contributed by atoms with van der Waals surface area (Å²) in [5.74, 6) is 0. The second-order valence-corrected chi connectivity index (χ2v) is 3.38. The van der Waals surface area contributed by atoms with E-state index in [2.05, 4.69) is 37.2 Å². The van der Waals surface area contributed by atoms with Crippen molar-refractivity contribution in [1.29, 1.82) is 5.26 Å². The highest BCUT2D eigenvalue weighted by molar-refractivity contribution is 4.82. The SMILES string of the molecule is CNC(CC#N)CN(C)C(C)C. The van der Waals surface area contributed by atoms with Crippen LogP contribution in [0.25, 0.3) is 0 Å². The molecule has 0 aliphatic heterocycles. The van der Waals surface area contributed by atoms with Gasteiger partial charge < -0.3 is 10.2 Å². The van der Waals surface area contributed by atoms with Gasteiger partial charge in [0.1, 0.15) is 0 Å². The number of rotatable bonds is 5. The number of nitrogens with zero attached hydrogens (tertiary/aromatic N) is 2.